The lowest BCUT2D eigenvalue weighted by atomic mass is 9.95. The van der Waals surface area contributed by atoms with Crippen LogP contribution in [-0.2, 0) is 6.18 Å². The van der Waals surface area contributed by atoms with Crippen molar-refractivity contribution in [2.45, 2.75) is 32.4 Å². The van der Waals surface area contributed by atoms with Crippen molar-refractivity contribution in [2.24, 2.45) is 17.6 Å². The second kappa shape index (κ2) is 10.0. The summed E-state index contributed by atoms with van der Waals surface area (Å²) >= 11 is 0. The van der Waals surface area contributed by atoms with Gasteiger partial charge in [-0.25, -0.2) is 0 Å². The Kier molecular flexibility index (Phi) is 7.08. The maximum absolute atomic E-state index is 13.1. The zero-order valence-corrected chi connectivity index (χ0v) is 19.2. The van der Waals surface area contributed by atoms with Crippen molar-refractivity contribution in [1.82, 2.24) is 5.32 Å². The molecule has 0 radical (unpaired) electrons. The third-order valence-electron chi connectivity index (χ3n) is 6.66. The van der Waals surface area contributed by atoms with Gasteiger partial charge in [0.2, 0.25) is 0 Å². The maximum atomic E-state index is 13.1. The van der Waals surface area contributed by atoms with Crippen LogP contribution in [0.1, 0.15) is 40.7 Å². The second-order valence-corrected chi connectivity index (χ2v) is 9.23. The first kappa shape index (κ1) is 24.0. The third-order valence-corrected chi connectivity index (χ3v) is 6.66. The number of carbonyl (C=O) groups excluding carboxylic acids is 1. The minimum absolute atomic E-state index is 0.182. The SMILES string of the molecule is Cc1ccc(-c2cc(C(=O)NC[C@H]3CC[C@@H](CN)C3)cc(-c3ccc(C(F)(F)F)cc3)c2)cc1. The van der Waals surface area contributed by atoms with Gasteiger partial charge in [-0.2, -0.15) is 13.2 Å². The highest BCUT2D eigenvalue weighted by Gasteiger charge is 2.30. The molecular formula is C28H29F3N2O. The maximum Gasteiger partial charge on any atom is 0.416 e. The predicted molar refractivity (Wildman–Crippen MR) is 129 cm³/mol. The standard InChI is InChI=1S/C28H29F3N2O/c1-18-2-6-21(7-3-18)23-13-24(22-8-10-26(11-9-22)28(29,30)31)15-25(14-23)27(34)33-17-20-5-4-19(12-20)16-32/h2-3,6-11,13-15,19-20H,4-5,12,16-17,32H2,1H3,(H,33,34)/t19-,20+/m1/s1. The summed E-state index contributed by atoms with van der Waals surface area (Å²) in [5.74, 6) is 0.767. The van der Waals surface area contributed by atoms with Gasteiger partial charge in [0.1, 0.15) is 0 Å². The van der Waals surface area contributed by atoms with Crippen LogP contribution in [0.2, 0.25) is 0 Å². The van der Waals surface area contributed by atoms with E-state index < -0.39 is 11.7 Å². The molecule has 3 aromatic carbocycles. The van der Waals surface area contributed by atoms with Crippen LogP contribution in [0, 0.1) is 18.8 Å². The fourth-order valence-electron chi connectivity index (χ4n) is 4.61. The molecule has 0 spiro atoms. The summed E-state index contributed by atoms with van der Waals surface area (Å²) in [7, 11) is 0. The number of halogens is 3. The summed E-state index contributed by atoms with van der Waals surface area (Å²) in [4.78, 5) is 13.1. The van der Waals surface area contributed by atoms with Crippen molar-refractivity contribution < 1.29 is 18.0 Å². The van der Waals surface area contributed by atoms with Crippen LogP contribution < -0.4 is 11.1 Å². The van der Waals surface area contributed by atoms with Crippen molar-refractivity contribution >= 4 is 5.91 Å². The lowest BCUT2D eigenvalue weighted by Gasteiger charge is -2.14. The monoisotopic (exact) mass is 466 g/mol. The van der Waals surface area contributed by atoms with Gasteiger partial charge in [0.15, 0.2) is 0 Å². The van der Waals surface area contributed by atoms with Crippen LogP contribution in [0.25, 0.3) is 22.3 Å². The molecular weight excluding hydrogens is 437 g/mol. The molecule has 6 heteroatoms. The van der Waals surface area contributed by atoms with E-state index in [0.717, 1.165) is 48.1 Å². The van der Waals surface area contributed by atoms with E-state index in [-0.39, 0.29) is 5.91 Å². The quantitative estimate of drug-likeness (QED) is 0.438. The molecule has 1 aliphatic carbocycles. The number of amides is 1. The lowest BCUT2D eigenvalue weighted by molar-refractivity contribution is -0.137. The van der Waals surface area contributed by atoms with E-state index in [1.54, 1.807) is 6.07 Å². The first-order chi connectivity index (χ1) is 16.2. The Morgan fingerprint density at radius 1 is 0.882 bits per heavy atom. The van der Waals surface area contributed by atoms with Crippen molar-refractivity contribution in [2.75, 3.05) is 13.1 Å². The van der Waals surface area contributed by atoms with Gasteiger partial charge in [-0.1, -0.05) is 42.0 Å². The first-order valence-corrected chi connectivity index (χ1v) is 11.6. The van der Waals surface area contributed by atoms with Gasteiger partial charge in [0.05, 0.1) is 5.56 Å². The Hall–Kier alpha value is -3.12. The largest absolute Gasteiger partial charge is 0.416 e. The number of nitrogens with two attached hydrogens (primary N) is 1. The van der Waals surface area contributed by atoms with Gasteiger partial charge in [0, 0.05) is 12.1 Å². The van der Waals surface area contributed by atoms with Crippen molar-refractivity contribution in [1.29, 1.82) is 0 Å². The highest BCUT2D eigenvalue weighted by atomic mass is 19.4. The van der Waals surface area contributed by atoms with E-state index in [2.05, 4.69) is 5.32 Å². The molecule has 1 aliphatic rings. The Balaban J connectivity index is 1.63. The third kappa shape index (κ3) is 5.68. The number of nitrogens with one attached hydrogen (secondary N) is 1. The minimum Gasteiger partial charge on any atom is -0.352 e. The van der Waals surface area contributed by atoms with Crippen molar-refractivity contribution in [3.05, 3.63) is 83.4 Å². The molecule has 1 fully saturated rings. The van der Waals surface area contributed by atoms with Crippen LogP contribution in [0.4, 0.5) is 13.2 Å². The Morgan fingerprint density at radius 3 is 1.97 bits per heavy atom. The number of aryl methyl sites for hydroxylation is 1. The summed E-state index contributed by atoms with van der Waals surface area (Å²) in [6, 6.07) is 18.5. The van der Waals surface area contributed by atoms with E-state index in [9.17, 15) is 18.0 Å². The van der Waals surface area contributed by atoms with Crippen molar-refractivity contribution in [3.8, 4) is 22.3 Å². The van der Waals surface area contributed by atoms with Crippen LogP contribution in [-0.4, -0.2) is 19.0 Å². The van der Waals surface area contributed by atoms with Crippen LogP contribution in [0.5, 0.6) is 0 Å². The van der Waals surface area contributed by atoms with Crippen LogP contribution in [0.15, 0.2) is 66.7 Å². The van der Waals surface area contributed by atoms with Crippen molar-refractivity contribution in [3.63, 3.8) is 0 Å². The van der Waals surface area contributed by atoms with Gasteiger partial charge >= 0.3 is 6.18 Å². The van der Waals surface area contributed by atoms with E-state index in [1.807, 2.05) is 43.3 Å². The molecule has 0 heterocycles. The molecule has 0 saturated heterocycles. The molecule has 3 aromatic rings. The van der Waals surface area contributed by atoms with Gasteiger partial charge in [0.25, 0.3) is 5.91 Å². The number of carbonyl (C=O) groups is 1. The summed E-state index contributed by atoms with van der Waals surface area (Å²) in [5, 5.41) is 3.05. The second-order valence-electron chi connectivity index (χ2n) is 9.23. The summed E-state index contributed by atoms with van der Waals surface area (Å²) in [5.41, 5.74) is 9.78. The fraction of sp³-hybridized carbons (Fsp3) is 0.321. The smallest absolute Gasteiger partial charge is 0.352 e. The summed E-state index contributed by atoms with van der Waals surface area (Å²) < 4.78 is 39.0. The van der Waals surface area contributed by atoms with Gasteiger partial charge in [-0.05, 0) is 97.2 Å². The fourth-order valence-corrected chi connectivity index (χ4v) is 4.61. The molecule has 178 valence electrons. The van der Waals surface area contributed by atoms with E-state index in [1.165, 1.54) is 12.1 Å². The predicted octanol–water partition coefficient (Wildman–Crippen LogP) is 6.45. The summed E-state index contributed by atoms with van der Waals surface area (Å²) in [6.07, 6.45) is -1.21. The number of rotatable bonds is 6. The zero-order chi connectivity index (χ0) is 24.3. The average molecular weight is 467 g/mol. The Morgan fingerprint density at radius 2 is 1.44 bits per heavy atom. The molecule has 0 aliphatic heterocycles. The molecule has 0 bridgehead atoms. The average Bonchev–Trinajstić information content (AvgIpc) is 3.30. The Bertz CT molecular complexity index is 1140. The van der Waals surface area contributed by atoms with E-state index in [4.69, 9.17) is 5.73 Å². The van der Waals surface area contributed by atoms with Gasteiger partial charge in [-0.3, -0.25) is 4.79 Å². The van der Waals surface area contributed by atoms with Crippen LogP contribution in [0.3, 0.4) is 0 Å². The summed E-state index contributed by atoms with van der Waals surface area (Å²) in [6.45, 7) is 3.28. The number of benzene rings is 3. The van der Waals surface area contributed by atoms with E-state index >= 15 is 0 Å². The molecule has 34 heavy (non-hydrogen) atoms. The minimum atomic E-state index is -4.39. The molecule has 1 saturated carbocycles. The topological polar surface area (TPSA) is 55.1 Å². The number of alkyl halides is 3. The highest BCUT2D eigenvalue weighted by Crippen LogP contribution is 2.33. The molecule has 3 N–H and O–H groups in total. The van der Waals surface area contributed by atoms with Gasteiger partial charge in [-0.15, -0.1) is 0 Å². The van der Waals surface area contributed by atoms with Gasteiger partial charge < -0.3 is 11.1 Å². The number of hydrogen-bond donors (Lipinski definition) is 2. The van der Waals surface area contributed by atoms with E-state index in [0.29, 0.717) is 41.6 Å². The lowest BCUT2D eigenvalue weighted by Crippen LogP contribution is -2.28. The van der Waals surface area contributed by atoms with Crippen LogP contribution >= 0.6 is 0 Å². The molecule has 0 aromatic heterocycles. The number of hydrogen-bond acceptors (Lipinski definition) is 2. The Labute approximate surface area is 198 Å². The molecule has 1 amide bonds. The zero-order valence-electron chi connectivity index (χ0n) is 19.2. The molecule has 3 nitrogen and oxygen atoms in total. The molecule has 0 unspecified atom stereocenters. The molecule has 4 rings (SSSR count). The normalized spacial score (nSPS) is 18.1. The molecule has 2 atom stereocenters. The first-order valence-electron chi connectivity index (χ1n) is 11.6. The highest BCUT2D eigenvalue weighted by molar-refractivity contribution is 5.97.